The van der Waals surface area contributed by atoms with E-state index in [0.717, 1.165) is 55.1 Å². The van der Waals surface area contributed by atoms with Crippen LogP contribution in [-0.4, -0.2) is 118 Å². The molecular weight excluding hydrogens is 750 g/mol. The van der Waals surface area contributed by atoms with E-state index in [4.69, 9.17) is 26.7 Å². The van der Waals surface area contributed by atoms with Crippen LogP contribution in [0.1, 0.15) is 67.0 Å². The van der Waals surface area contributed by atoms with Gasteiger partial charge in [0.1, 0.15) is 11.8 Å². The SMILES string of the molecule is N#Cc1ccc(O[C@H]2CC[C@H](NC(=O)c3ccc(N4CCN(CC(=O)N5CCC(n6ncc7c(N8CCC(=O)NC8=O)cccc76)CC5)CC4)nn3)CC2)cc1Cl. The summed E-state index contributed by atoms with van der Waals surface area (Å²) in [6.07, 6.45) is 6.71. The number of nitriles is 1. The number of carbonyl (C=O) groups is 4. The Balaban J connectivity index is 0.758. The van der Waals surface area contributed by atoms with Crippen LogP contribution in [0, 0.1) is 11.3 Å². The number of hydrogen-bond donors (Lipinski definition) is 2. The number of urea groups is 1. The minimum absolute atomic E-state index is 0.0115. The average Bonchev–Trinajstić information content (AvgIpc) is 3.67. The summed E-state index contributed by atoms with van der Waals surface area (Å²) in [7, 11) is 0. The van der Waals surface area contributed by atoms with Gasteiger partial charge in [-0.25, -0.2) is 4.79 Å². The van der Waals surface area contributed by atoms with E-state index >= 15 is 0 Å². The number of imide groups is 1. The molecule has 2 aromatic carbocycles. The molecule has 3 saturated heterocycles. The Kier molecular flexibility index (Phi) is 11.2. The molecule has 0 unspecified atom stereocenters. The molecule has 0 bridgehead atoms. The smallest absolute Gasteiger partial charge is 0.328 e. The quantitative estimate of drug-likeness (QED) is 0.251. The van der Waals surface area contributed by atoms with E-state index in [1.165, 1.54) is 0 Å². The maximum absolute atomic E-state index is 13.4. The summed E-state index contributed by atoms with van der Waals surface area (Å²) < 4.78 is 8.08. The standard InChI is InChI=1S/C40H44ClN11O5/c41-32-22-30(7-4-26(32)23-42)57-29-8-5-27(6-9-29)44-39(55)33-10-11-36(47-46-33)49-20-18-48(19-21-49)25-38(54)50-15-12-28(13-16-50)52-35-3-1-2-34(31(35)24-43-52)51-17-14-37(53)45-40(51)56/h1-4,7,10-11,22,24,27-29H,5-6,8-9,12-21,25H2,(H,44,55)(H,45,53,56)/t27-,29-. The van der Waals surface area contributed by atoms with Gasteiger partial charge in [-0.2, -0.15) is 10.4 Å². The molecule has 16 nitrogen and oxygen atoms in total. The van der Waals surface area contributed by atoms with Gasteiger partial charge in [0.15, 0.2) is 11.5 Å². The normalized spacial score (nSPS) is 20.9. The number of carbonyl (C=O) groups excluding carboxylic acids is 4. The molecule has 3 aliphatic heterocycles. The minimum atomic E-state index is -0.420. The predicted octanol–water partition coefficient (Wildman–Crippen LogP) is 3.90. The molecule has 2 N–H and O–H groups in total. The lowest BCUT2D eigenvalue weighted by Crippen LogP contribution is -2.51. The third-order valence-electron chi connectivity index (χ3n) is 11.4. The Morgan fingerprint density at radius 3 is 2.42 bits per heavy atom. The first-order chi connectivity index (χ1) is 27.7. The number of ether oxygens (including phenoxy) is 1. The summed E-state index contributed by atoms with van der Waals surface area (Å²) in [5.74, 6) is 0.936. The second kappa shape index (κ2) is 16.7. The van der Waals surface area contributed by atoms with Crippen molar-refractivity contribution in [1.29, 1.82) is 5.26 Å². The van der Waals surface area contributed by atoms with Gasteiger partial charge >= 0.3 is 6.03 Å². The largest absolute Gasteiger partial charge is 0.490 e. The van der Waals surface area contributed by atoms with Crippen LogP contribution in [0.5, 0.6) is 5.75 Å². The van der Waals surface area contributed by atoms with E-state index < -0.39 is 6.03 Å². The zero-order valence-electron chi connectivity index (χ0n) is 31.5. The molecule has 296 valence electrons. The Labute approximate surface area is 334 Å². The zero-order chi connectivity index (χ0) is 39.5. The Morgan fingerprint density at radius 2 is 1.72 bits per heavy atom. The second-order valence-corrected chi connectivity index (χ2v) is 15.4. The summed E-state index contributed by atoms with van der Waals surface area (Å²) in [4.78, 5) is 58.4. The van der Waals surface area contributed by atoms with E-state index in [9.17, 15) is 19.2 Å². The van der Waals surface area contributed by atoms with E-state index in [1.54, 1.807) is 35.4 Å². The lowest BCUT2D eigenvalue weighted by molar-refractivity contribution is -0.133. The maximum atomic E-state index is 13.4. The third kappa shape index (κ3) is 8.49. The van der Waals surface area contributed by atoms with Crippen LogP contribution in [0.2, 0.25) is 5.02 Å². The van der Waals surface area contributed by atoms with Crippen molar-refractivity contribution in [1.82, 2.24) is 40.4 Å². The molecule has 4 fully saturated rings. The van der Waals surface area contributed by atoms with Gasteiger partial charge in [-0.3, -0.25) is 34.2 Å². The number of fused-ring (bicyclic) bond motifs is 1. The van der Waals surface area contributed by atoms with Crippen LogP contribution in [0.3, 0.4) is 0 Å². The van der Waals surface area contributed by atoms with Gasteiger partial charge in [-0.1, -0.05) is 17.7 Å². The van der Waals surface area contributed by atoms with Crippen molar-refractivity contribution in [3.63, 3.8) is 0 Å². The van der Waals surface area contributed by atoms with Crippen molar-refractivity contribution in [2.75, 3.05) is 62.2 Å². The average molecular weight is 794 g/mol. The molecule has 17 heteroatoms. The van der Waals surface area contributed by atoms with E-state index in [2.05, 4.69) is 30.6 Å². The van der Waals surface area contributed by atoms with E-state index in [1.807, 2.05) is 39.9 Å². The molecule has 0 spiro atoms. The number of likely N-dealkylation sites (tertiary alicyclic amines) is 1. The number of amides is 5. The summed E-state index contributed by atoms with van der Waals surface area (Å²) in [5.41, 5.74) is 2.34. The molecular formula is C40H44ClN11O5. The first kappa shape index (κ1) is 38.1. The van der Waals surface area contributed by atoms with Gasteiger partial charge in [0.25, 0.3) is 5.91 Å². The van der Waals surface area contributed by atoms with Crippen molar-refractivity contribution < 1.29 is 23.9 Å². The summed E-state index contributed by atoms with van der Waals surface area (Å²) in [6, 6.07) is 16.2. The van der Waals surface area contributed by atoms with Gasteiger partial charge in [0.05, 0.1) is 46.7 Å². The van der Waals surface area contributed by atoms with Crippen molar-refractivity contribution in [3.8, 4) is 11.8 Å². The fourth-order valence-electron chi connectivity index (χ4n) is 8.21. The highest BCUT2D eigenvalue weighted by atomic mass is 35.5. The zero-order valence-corrected chi connectivity index (χ0v) is 32.2. The molecule has 5 heterocycles. The highest BCUT2D eigenvalue weighted by Crippen LogP contribution is 2.33. The van der Waals surface area contributed by atoms with E-state index in [0.29, 0.717) is 74.5 Å². The van der Waals surface area contributed by atoms with Crippen LogP contribution in [0.25, 0.3) is 10.9 Å². The van der Waals surface area contributed by atoms with Crippen molar-refractivity contribution in [2.24, 2.45) is 0 Å². The molecule has 0 atom stereocenters. The highest BCUT2D eigenvalue weighted by Gasteiger charge is 2.30. The molecule has 1 aliphatic carbocycles. The Bertz CT molecular complexity index is 2180. The van der Waals surface area contributed by atoms with Gasteiger partial charge in [-0.15, -0.1) is 10.2 Å². The lowest BCUT2D eigenvalue weighted by atomic mass is 9.93. The van der Waals surface area contributed by atoms with Crippen LogP contribution >= 0.6 is 11.6 Å². The topological polar surface area (TPSA) is 182 Å². The minimum Gasteiger partial charge on any atom is -0.490 e. The summed E-state index contributed by atoms with van der Waals surface area (Å²) in [5, 5.41) is 29.1. The van der Waals surface area contributed by atoms with Crippen LogP contribution in [0.15, 0.2) is 54.7 Å². The van der Waals surface area contributed by atoms with Gasteiger partial charge in [0.2, 0.25) is 11.8 Å². The van der Waals surface area contributed by atoms with Crippen molar-refractivity contribution in [3.05, 3.63) is 71.0 Å². The van der Waals surface area contributed by atoms with Crippen LogP contribution < -0.4 is 25.2 Å². The Hall–Kier alpha value is -5.79. The number of piperazine rings is 1. The number of benzene rings is 2. The monoisotopic (exact) mass is 793 g/mol. The number of aromatic nitrogens is 4. The maximum Gasteiger partial charge on any atom is 0.328 e. The fourth-order valence-corrected chi connectivity index (χ4v) is 8.43. The van der Waals surface area contributed by atoms with Gasteiger partial charge in [0, 0.05) is 69.7 Å². The molecule has 1 saturated carbocycles. The number of nitrogens with one attached hydrogen (secondary N) is 2. The molecule has 57 heavy (non-hydrogen) atoms. The second-order valence-electron chi connectivity index (χ2n) is 15.0. The number of rotatable bonds is 9. The fraction of sp³-hybridized carbons (Fsp3) is 0.450. The summed E-state index contributed by atoms with van der Waals surface area (Å²) in [6.45, 7) is 4.77. The first-order valence-corrected chi connectivity index (χ1v) is 19.9. The van der Waals surface area contributed by atoms with Crippen molar-refractivity contribution >= 4 is 57.8 Å². The highest BCUT2D eigenvalue weighted by molar-refractivity contribution is 6.31. The molecule has 2 aromatic heterocycles. The number of anilines is 2. The summed E-state index contributed by atoms with van der Waals surface area (Å²) >= 11 is 6.14. The number of halogens is 1. The predicted molar refractivity (Wildman–Crippen MR) is 211 cm³/mol. The van der Waals surface area contributed by atoms with Crippen LogP contribution in [-0.2, 0) is 9.59 Å². The number of piperidine rings is 1. The number of nitrogens with zero attached hydrogens (tertiary/aromatic N) is 9. The van der Waals surface area contributed by atoms with Gasteiger partial charge < -0.3 is 19.9 Å². The van der Waals surface area contributed by atoms with E-state index in [-0.39, 0.29) is 48.0 Å². The van der Waals surface area contributed by atoms with Crippen LogP contribution in [0.4, 0.5) is 16.3 Å². The lowest BCUT2D eigenvalue weighted by Gasteiger charge is -2.37. The third-order valence-corrected chi connectivity index (χ3v) is 11.8. The molecule has 0 radical (unpaired) electrons. The molecule has 4 aromatic rings. The first-order valence-electron chi connectivity index (χ1n) is 19.6. The van der Waals surface area contributed by atoms with Gasteiger partial charge in [-0.05, 0) is 74.9 Å². The van der Waals surface area contributed by atoms with Crippen molar-refractivity contribution in [2.45, 2.75) is 63.1 Å². The Morgan fingerprint density at radius 1 is 0.930 bits per heavy atom. The molecule has 4 aliphatic rings. The molecule has 5 amide bonds. The number of hydrogen-bond acceptors (Lipinski definition) is 11. The molecule has 8 rings (SSSR count).